The number of aliphatic imine (C=N–C) groups is 1. The van der Waals surface area contributed by atoms with Crippen LogP contribution in [0, 0.1) is 0 Å². The summed E-state index contributed by atoms with van der Waals surface area (Å²) in [5.41, 5.74) is 1.40. The van der Waals surface area contributed by atoms with Gasteiger partial charge in [-0.3, -0.25) is 0 Å². The lowest BCUT2D eigenvalue weighted by atomic mass is 10.1. The van der Waals surface area contributed by atoms with Crippen molar-refractivity contribution in [3.8, 4) is 11.5 Å². The van der Waals surface area contributed by atoms with Crippen LogP contribution in [0.2, 0.25) is 5.02 Å². The molecule has 0 aliphatic carbocycles. The maximum Gasteiger partial charge on any atom is 0.344 e. The van der Waals surface area contributed by atoms with E-state index in [4.69, 9.17) is 21.1 Å². The van der Waals surface area contributed by atoms with Crippen LogP contribution in [0.1, 0.15) is 12.5 Å². The highest BCUT2D eigenvalue weighted by atomic mass is 35.5. The van der Waals surface area contributed by atoms with Crippen LogP contribution in [-0.2, 0) is 9.53 Å². The van der Waals surface area contributed by atoms with E-state index in [-0.39, 0.29) is 17.9 Å². The highest BCUT2D eigenvalue weighted by molar-refractivity contribution is 8.18. The van der Waals surface area contributed by atoms with Crippen LogP contribution in [-0.4, -0.2) is 22.7 Å². The van der Waals surface area contributed by atoms with Gasteiger partial charge in [-0.05, 0) is 61.0 Å². The Morgan fingerprint density at radius 2 is 1.79 bits per heavy atom. The molecule has 1 N–H and O–H groups in total. The Labute approximate surface area is 201 Å². The zero-order valence-electron chi connectivity index (χ0n) is 17.7. The van der Waals surface area contributed by atoms with Crippen LogP contribution in [0.5, 0.6) is 11.5 Å². The smallest absolute Gasteiger partial charge is 0.344 e. The van der Waals surface area contributed by atoms with Gasteiger partial charge in [-0.15, -0.1) is 0 Å². The molecule has 0 aromatic heterocycles. The third-order valence-electron chi connectivity index (χ3n) is 4.54. The fourth-order valence-corrected chi connectivity index (χ4v) is 4.32. The van der Waals surface area contributed by atoms with Crippen molar-refractivity contribution in [3.05, 3.63) is 106 Å². The largest absolute Gasteiger partial charge is 0.506 e. The van der Waals surface area contributed by atoms with E-state index < -0.39 is 5.97 Å². The van der Waals surface area contributed by atoms with Crippen molar-refractivity contribution in [1.82, 2.24) is 0 Å². The number of thioether (sulfide) groups is 1. The van der Waals surface area contributed by atoms with Crippen LogP contribution in [0.4, 0.5) is 5.69 Å². The predicted octanol–water partition coefficient (Wildman–Crippen LogP) is 7.33. The average Bonchev–Trinajstić information content (AvgIpc) is 3.09. The number of esters is 1. The number of ether oxygens (including phenoxy) is 2. The first-order valence-electron chi connectivity index (χ1n) is 10.2. The highest BCUT2D eigenvalue weighted by Gasteiger charge is 2.33. The second-order valence-corrected chi connectivity index (χ2v) is 8.41. The Balaban J connectivity index is 1.67. The van der Waals surface area contributed by atoms with Gasteiger partial charge in [0.1, 0.15) is 27.9 Å². The first-order valence-corrected chi connectivity index (χ1v) is 11.4. The van der Waals surface area contributed by atoms with Gasteiger partial charge in [0.2, 0.25) is 0 Å². The van der Waals surface area contributed by atoms with Gasteiger partial charge in [-0.2, -0.15) is 0 Å². The molecule has 166 valence electrons. The van der Waals surface area contributed by atoms with Crippen molar-refractivity contribution in [3.63, 3.8) is 0 Å². The third-order valence-corrected chi connectivity index (χ3v) is 5.80. The Morgan fingerprint density at radius 1 is 1.03 bits per heavy atom. The molecule has 0 bridgehead atoms. The second-order valence-electron chi connectivity index (χ2n) is 6.94. The van der Waals surface area contributed by atoms with Crippen molar-refractivity contribution < 1.29 is 19.4 Å². The number of nitrogens with zero attached hydrogens (tertiary/aromatic N) is 1. The summed E-state index contributed by atoms with van der Waals surface area (Å²) < 4.78 is 11.0. The molecule has 0 radical (unpaired) electrons. The van der Waals surface area contributed by atoms with Gasteiger partial charge in [0.05, 0.1) is 17.2 Å². The number of aliphatic hydroxyl groups is 1. The van der Waals surface area contributed by atoms with Gasteiger partial charge >= 0.3 is 5.97 Å². The van der Waals surface area contributed by atoms with Crippen molar-refractivity contribution >= 4 is 46.1 Å². The minimum absolute atomic E-state index is 0.0322. The lowest BCUT2D eigenvalue weighted by Gasteiger charge is -2.06. The molecule has 7 heteroatoms. The average molecular weight is 478 g/mol. The molecule has 0 unspecified atom stereocenters. The van der Waals surface area contributed by atoms with Gasteiger partial charge in [0.25, 0.3) is 0 Å². The summed E-state index contributed by atoms with van der Waals surface area (Å²) in [6.45, 7) is 1.89. The van der Waals surface area contributed by atoms with E-state index in [2.05, 4.69) is 4.99 Å². The number of rotatable bonds is 6. The Hall–Kier alpha value is -3.48. The summed E-state index contributed by atoms with van der Waals surface area (Å²) in [7, 11) is 0. The van der Waals surface area contributed by atoms with Gasteiger partial charge in [0.15, 0.2) is 0 Å². The Bertz CT molecular complexity index is 1270. The summed E-state index contributed by atoms with van der Waals surface area (Å²) in [6, 6.07) is 23.9. The fourth-order valence-electron chi connectivity index (χ4n) is 3.10. The molecule has 3 aromatic carbocycles. The zero-order chi connectivity index (χ0) is 23.2. The first kappa shape index (κ1) is 22.7. The Morgan fingerprint density at radius 3 is 2.55 bits per heavy atom. The maximum atomic E-state index is 12.6. The van der Waals surface area contributed by atoms with Crippen LogP contribution in [0.15, 0.2) is 100 Å². The fraction of sp³-hybridized carbons (Fsp3) is 0.0769. The number of para-hydroxylation sites is 1. The normalized spacial score (nSPS) is 15.8. The predicted molar refractivity (Wildman–Crippen MR) is 133 cm³/mol. The molecule has 33 heavy (non-hydrogen) atoms. The number of halogens is 1. The Kier molecular flexibility index (Phi) is 7.17. The monoisotopic (exact) mass is 477 g/mol. The van der Waals surface area contributed by atoms with Gasteiger partial charge in [-0.1, -0.05) is 59.8 Å². The topological polar surface area (TPSA) is 68.1 Å². The lowest BCUT2D eigenvalue weighted by molar-refractivity contribution is -0.138. The highest BCUT2D eigenvalue weighted by Crippen LogP contribution is 2.40. The molecule has 4 rings (SSSR count). The molecule has 0 saturated carbocycles. The van der Waals surface area contributed by atoms with E-state index in [1.165, 1.54) is 11.8 Å². The van der Waals surface area contributed by atoms with E-state index in [0.717, 1.165) is 11.3 Å². The molecule has 5 nitrogen and oxygen atoms in total. The minimum atomic E-state index is -0.632. The lowest BCUT2D eigenvalue weighted by Crippen LogP contribution is -2.12. The molecule has 0 saturated heterocycles. The molecular formula is C26H20ClNO4S. The summed E-state index contributed by atoms with van der Waals surface area (Å²) >= 11 is 7.25. The van der Waals surface area contributed by atoms with Crippen LogP contribution in [0.3, 0.4) is 0 Å². The molecule has 1 aliphatic heterocycles. The van der Waals surface area contributed by atoms with E-state index in [9.17, 15) is 9.90 Å². The molecule has 0 atom stereocenters. The van der Waals surface area contributed by atoms with Gasteiger partial charge in [0, 0.05) is 5.02 Å². The van der Waals surface area contributed by atoms with Crippen LogP contribution in [0.25, 0.3) is 6.08 Å². The molecule has 1 heterocycles. The van der Waals surface area contributed by atoms with Crippen molar-refractivity contribution in [1.29, 1.82) is 0 Å². The minimum Gasteiger partial charge on any atom is -0.506 e. The SMILES string of the molecule is CCOC(=O)C1=C(O)C(=Cc2cccc(Oc3ccccc3)c2)SC1=Nc1cccc(Cl)c1. The van der Waals surface area contributed by atoms with E-state index in [1.54, 1.807) is 37.3 Å². The number of carbonyl (C=O) groups excluding carboxylic acids is 1. The third kappa shape index (κ3) is 5.66. The zero-order valence-corrected chi connectivity index (χ0v) is 19.3. The van der Waals surface area contributed by atoms with Crippen LogP contribution < -0.4 is 4.74 Å². The van der Waals surface area contributed by atoms with E-state index in [0.29, 0.717) is 26.4 Å². The number of aliphatic hydroxyl groups excluding tert-OH is 1. The summed E-state index contributed by atoms with van der Waals surface area (Å²) in [4.78, 5) is 17.6. The molecule has 0 fully saturated rings. The van der Waals surface area contributed by atoms with Crippen molar-refractivity contribution in [2.24, 2.45) is 4.99 Å². The van der Waals surface area contributed by atoms with Gasteiger partial charge < -0.3 is 14.6 Å². The molecule has 0 spiro atoms. The van der Waals surface area contributed by atoms with E-state index >= 15 is 0 Å². The molecule has 3 aromatic rings. The van der Waals surface area contributed by atoms with E-state index in [1.807, 2.05) is 54.6 Å². The molecule has 1 aliphatic rings. The number of carbonyl (C=O) groups is 1. The number of hydrogen-bond donors (Lipinski definition) is 1. The quantitative estimate of drug-likeness (QED) is 0.376. The van der Waals surface area contributed by atoms with Crippen LogP contribution >= 0.6 is 23.4 Å². The summed E-state index contributed by atoms with van der Waals surface area (Å²) in [6.07, 6.45) is 1.78. The number of benzene rings is 3. The standard InChI is InChI=1S/C26H20ClNO4S/c1-2-31-26(30)23-24(29)22(33-25(23)28-19-10-7-9-18(27)16-19)15-17-8-6-13-21(14-17)32-20-11-4-3-5-12-20/h3-16,29H,2H2,1H3. The van der Waals surface area contributed by atoms with Crippen molar-refractivity contribution in [2.45, 2.75) is 6.92 Å². The summed E-state index contributed by atoms with van der Waals surface area (Å²) in [5, 5.41) is 11.7. The maximum absolute atomic E-state index is 12.6. The second kappa shape index (κ2) is 10.4. The first-order chi connectivity index (χ1) is 16.0. The number of hydrogen-bond acceptors (Lipinski definition) is 6. The molecule has 0 amide bonds. The molecular weight excluding hydrogens is 458 g/mol. The summed E-state index contributed by atoms with van der Waals surface area (Å²) in [5.74, 6) is 0.572. The van der Waals surface area contributed by atoms with Crippen molar-refractivity contribution in [2.75, 3.05) is 6.61 Å². The van der Waals surface area contributed by atoms with Gasteiger partial charge in [-0.25, -0.2) is 9.79 Å².